The molecule has 0 spiro atoms. The van der Waals surface area contributed by atoms with Gasteiger partial charge in [-0.2, -0.15) is 0 Å². The zero-order valence-corrected chi connectivity index (χ0v) is 24.3. The third-order valence-electron chi connectivity index (χ3n) is 7.21. The van der Waals surface area contributed by atoms with Gasteiger partial charge in [0.05, 0.1) is 24.4 Å². The molecule has 0 unspecified atom stereocenters. The Morgan fingerprint density at radius 2 is 1.82 bits per heavy atom. The van der Waals surface area contributed by atoms with E-state index in [1.807, 2.05) is 101 Å². The Morgan fingerprint density at radius 1 is 0.955 bits per heavy atom. The number of carbonyl (C=O) groups is 2. The molecular weight excluding hydrogens is 574 g/mol. The van der Waals surface area contributed by atoms with E-state index in [9.17, 15) is 9.59 Å². The largest absolute Gasteiger partial charge is 0.370 e. The minimum absolute atomic E-state index is 0.0514. The quantitative estimate of drug-likeness (QED) is 0.226. The maximum Gasteiger partial charge on any atom is 0.253 e. The molecule has 2 amide bonds. The summed E-state index contributed by atoms with van der Waals surface area (Å²) in [6.45, 7) is 1.15. The Balaban J connectivity index is 1.14. The molecule has 0 radical (unpaired) electrons. The number of anilines is 4. The summed E-state index contributed by atoms with van der Waals surface area (Å²) in [4.78, 5) is 41.7. The molecule has 2 N–H and O–H groups in total. The van der Waals surface area contributed by atoms with Gasteiger partial charge in [-0.1, -0.05) is 42.5 Å². The van der Waals surface area contributed by atoms with Crippen molar-refractivity contribution in [1.82, 2.24) is 19.4 Å². The molecule has 1 aliphatic heterocycles. The predicted molar refractivity (Wildman–Crippen MR) is 171 cm³/mol. The summed E-state index contributed by atoms with van der Waals surface area (Å²) in [6, 6.07) is 26.8. The first-order chi connectivity index (χ1) is 21.6. The highest BCUT2D eigenvalue weighted by molar-refractivity contribution is 7.15. The van der Waals surface area contributed by atoms with Gasteiger partial charge in [0.2, 0.25) is 11.9 Å². The van der Waals surface area contributed by atoms with Crippen LogP contribution in [0.4, 0.5) is 23.0 Å². The van der Waals surface area contributed by atoms with Crippen molar-refractivity contribution in [1.29, 1.82) is 0 Å². The molecule has 44 heavy (non-hydrogen) atoms. The van der Waals surface area contributed by atoms with E-state index in [0.717, 1.165) is 38.9 Å². The summed E-state index contributed by atoms with van der Waals surface area (Å²) in [5.74, 6) is 0.288. The Hall–Kier alpha value is -5.39. The number of nitrogens with one attached hydrogen (secondary N) is 2. The van der Waals surface area contributed by atoms with Crippen LogP contribution >= 0.6 is 11.3 Å². The third-order valence-corrected chi connectivity index (χ3v) is 7.97. The van der Waals surface area contributed by atoms with Crippen molar-refractivity contribution in [2.75, 3.05) is 35.3 Å². The average Bonchev–Trinajstić information content (AvgIpc) is 3.65. The summed E-state index contributed by atoms with van der Waals surface area (Å²) in [6.07, 6.45) is 3.97. The Morgan fingerprint density at radius 3 is 2.66 bits per heavy atom. The van der Waals surface area contributed by atoms with E-state index < -0.39 is 0 Å². The number of amides is 2. The molecule has 3 aromatic carbocycles. The molecule has 7 rings (SSSR count). The highest BCUT2D eigenvalue weighted by Gasteiger charge is 2.21. The van der Waals surface area contributed by atoms with Gasteiger partial charge in [0.15, 0.2) is 4.96 Å². The van der Waals surface area contributed by atoms with Crippen LogP contribution in [0.5, 0.6) is 0 Å². The zero-order chi connectivity index (χ0) is 29.9. The molecule has 1 aliphatic rings. The second-order valence-electron chi connectivity index (χ2n) is 10.2. The SMILES string of the molecule is O=C(Cc1ccccc1)Nc1cccc(-c2nc3sccn3c2-c2ccnc(Nc3ccc(N4CCOCC4=O)cc3)n2)c1. The topological polar surface area (TPSA) is 114 Å². The molecule has 218 valence electrons. The fraction of sp³-hybridized carbons (Fsp3) is 0.121. The maximum atomic E-state index is 12.7. The monoisotopic (exact) mass is 601 g/mol. The first-order valence-corrected chi connectivity index (χ1v) is 15.0. The molecular formula is C33H27N7O3S. The number of ether oxygens (including phenoxy) is 1. The standard InChI is InChI=1S/C33H27N7O3S/c41-28(19-22-5-2-1-3-6-22)35-25-8-4-7-23(20-25)30-31(40-16-18-44-33(40)38-30)27-13-14-34-32(37-27)36-24-9-11-26(12-10-24)39-15-17-43-21-29(39)42/h1-14,16,18,20H,15,17,19,21H2,(H,35,41)(H,34,36,37). The van der Waals surface area contributed by atoms with Crippen molar-refractivity contribution in [3.05, 3.63) is 108 Å². The molecule has 0 bridgehead atoms. The lowest BCUT2D eigenvalue weighted by molar-refractivity contribution is -0.125. The van der Waals surface area contributed by atoms with Gasteiger partial charge in [-0.05, 0) is 48.0 Å². The van der Waals surface area contributed by atoms with E-state index in [1.165, 1.54) is 11.3 Å². The Kier molecular flexibility index (Phi) is 7.53. The number of fused-ring (bicyclic) bond motifs is 1. The second-order valence-corrected chi connectivity index (χ2v) is 11.1. The van der Waals surface area contributed by atoms with Crippen molar-refractivity contribution in [3.63, 3.8) is 0 Å². The van der Waals surface area contributed by atoms with Gasteiger partial charge in [-0.3, -0.25) is 14.0 Å². The minimum atomic E-state index is -0.0875. The number of aromatic nitrogens is 4. The van der Waals surface area contributed by atoms with Crippen LogP contribution in [0, 0.1) is 0 Å². The highest BCUT2D eigenvalue weighted by Crippen LogP contribution is 2.35. The highest BCUT2D eigenvalue weighted by atomic mass is 32.1. The lowest BCUT2D eigenvalue weighted by atomic mass is 10.1. The van der Waals surface area contributed by atoms with Crippen molar-refractivity contribution in [2.24, 2.45) is 0 Å². The number of thiazole rings is 1. The summed E-state index contributed by atoms with van der Waals surface area (Å²) < 4.78 is 7.25. The van der Waals surface area contributed by atoms with Crippen LogP contribution in [-0.2, 0) is 20.7 Å². The molecule has 10 nitrogen and oxygen atoms in total. The van der Waals surface area contributed by atoms with E-state index in [2.05, 4.69) is 15.6 Å². The fourth-order valence-corrected chi connectivity index (χ4v) is 5.87. The normalized spacial score (nSPS) is 13.3. The first-order valence-electron chi connectivity index (χ1n) is 14.1. The van der Waals surface area contributed by atoms with Crippen LogP contribution in [0.1, 0.15) is 5.56 Å². The van der Waals surface area contributed by atoms with E-state index in [4.69, 9.17) is 14.7 Å². The lowest BCUT2D eigenvalue weighted by Crippen LogP contribution is -2.41. The molecule has 4 heterocycles. The molecule has 11 heteroatoms. The minimum Gasteiger partial charge on any atom is -0.370 e. The van der Waals surface area contributed by atoms with Crippen molar-refractivity contribution in [3.8, 4) is 22.6 Å². The van der Waals surface area contributed by atoms with Gasteiger partial charge < -0.3 is 20.3 Å². The molecule has 3 aromatic heterocycles. The van der Waals surface area contributed by atoms with Crippen LogP contribution in [0.15, 0.2) is 103 Å². The second kappa shape index (κ2) is 12.1. The molecule has 1 saturated heterocycles. The van der Waals surface area contributed by atoms with Gasteiger partial charge >= 0.3 is 0 Å². The Bertz CT molecular complexity index is 1950. The number of benzene rings is 3. The van der Waals surface area contributed by atoms with E-state index in [1.54, 1.807) is 11.1 Å². The summed E-state index contributed by atoms with van der Waals surface area (Å²) in [5, 5.41) is 8.27. The average molecular weight is 602 g/mol. The number of hydrogen-bond acceptors (Lipinski definition) is 8. The predicted octanol–water partition coefficient (Wildman–Crippen LogP) is 5.81. The number of rotatable bonds is 8. The molecule has 0 saturated carbocycles. The van der Waals surface area contributed by atoms with Crippen molar-refractivity contribution in [2.45, 2.75) is 6.42 Å². The van der Waals surface area contributed by atoms with E-state index in [-0.39, 0.29) is 18.4 Å². The maximum absolute atomic E-state index is 12.7. The van der Waals surface area contributed by atoms with Gasteiger partial charge in [0, 0.05) is 46.9 Å². The molecule has 0 aliphatic carbocycles. The van der Waals surface area contributed by atoms with Crippen molar-refractivity contribution >= 4 is 51.1 Å². The summed E-state index contributed by atoms with van der Waals surface area (Å²) in [5.41, 5.74) is 6.38. The van der Waals surface area contributed by atoms with Crippen LogP contribution in [0.3, 0.4) is 0 Å². The smallest absolute Gasteiger partial charge is 0.253 e. The van der Waals surface area contributed by atoms with E-state index in [0.29, 0.717) is 36.9 Å². The zero-order valence-electron chi connectivity index (χ0n) is 23.5. The van der Waals surface area contributed by atoms with Crippen LogP contribution in [-0.4, -0.2) is 50.9 Å². The molecule has 6 aromatic rings. The van der Waals surface area contributed by atoms with Gasteiger partial charge in [-0.25, -0.2) is 15.0 Å². The van der Waals surface area contributed by atoms with Gasteiger partial charge in [0.25, 0.3) is 5.91 Å². The number of imidazole rings is 1. The van der Waals surface area contributed by atoms with Crippen molar-refractivity contribution < 1.29 is 14.3 Å². The van der Waals surface area contributed by atoms with E-state index >= 15 is 0 Å². The molecule has 1 fully saturated rings. The van der Waals surface area contributed by atoms with Gasteiger partial charge in [0.1, 0.15) is 12.3 Å². The number of nitrogens with zero attached hydrogens (tertiary/aromatic N) is 5. The first kappa shape index (κ1) is 27.4. The lowest BCUT2D eigenvalue weighted by Gasteiger charge is -2.26. The number of hydrogen-bond donors (Lipinski definition) is 2. The third kappa shape index (κ3) is 5.78. The van der Waals surface area contributed by atoms with Gasteiger partial charge in [-0.15, -0.1) is 11.3 Å². The van der Waals surface area contributed by atoms with Crippen LogP contribution < -0.4 is 15.5 Å². The summed E-state index contributed by atoms with van der Waals surface area (Å²) in [7, 11) is 0. The number of carbonyl (C=O) groups excluding carboxylic acids is 2. The Labute approximate surface area is 257 Å². The van der Waals surface area contributed by atoms with Crippen LogP contribution in [0.25, 0.3) is 27.6 Å². The molecule has 0 atom stereocenters. The summed E-state index contributed by atoms with van der Waals surface area (Å²) >= 11 is 1.54. The number of morpholine rings is 1. The van der Waals surface area contributed by atoms with Crippen LogP contribution in [0.2, 0.25) is 0 Å². The fourth-order valence-electron chi connectivity index (χ4n) is 5.16.